The summed E-state index contributed by atoms with van der Waals surface area (Å²) in [5.41, 5.74) is 5.77. The molecule has 1 aliphatic carbocycles. The Bertz CT molecular complexity index is 1440. The maximum atomic E-state index is 12.1. The molecule has 1 fully saturated rings. The lowest BCUT2D eigenvalue weighted by Gasteiger charge is -2.31. The molecule has 0 radical (unpaired) electrons. The minimum absolute atomic E-state index is 0.0470. The van der Waals surface area contributed by atoms with Gasteiger partial charge in [-0.25, -0.2) is 9.98 Å². The first-order valence-corrected chi connectivity index (χ1v) is 13.1. The van der Waals surface area contributed by atoms with E-state index in [1.807, 2.05) is 0 Å². The van der Waals surface area contributed by atoms with Gasteiger partial charge in [0, 0.05) is 32.0 Å². The van der Waals surface area contributed by atoms with Gasteiger partial charge in [0.1, 0.15) is 11.9 Å². The molecule has 2 unspecified atom stereocenters. The fourth-order valence-corrected chi connectivity index (χ4v) is 6.10. The highest BCUT2D eigenvalue weighted by molar-refractivity contribution is 6.13. The van der Waals surface area contributed by atoms with Crippen LogP contribution < -0.4 is 5.32 Å². The Kier molecular flexibility index (Phi) is 5.20. The van der Waals surface area contributed by atoms with Crippen LogP contribution in [-0.2, 0) is 17.8 Å². The average molecular weight is 488 g/mol. The molecular weight excluding hydrogens is 458 g/mol. The molecular formula is C31H29N5O. The number of benzene rings is 3. The minimum atomic E-state index is -0.312. The van der Waals surface area contributed by atoms with Gasteiger partial charge >= 0.3 is 0 Å². The van der Waals surface area contributed by atoms with E-state index in [-0.39, 0.29) is 11.7 Å². The third-order valence-corrected chi connectivity index (χ3v) is 7.91. The van der Waals surface area contributed by atoms with Crippen molar-refractivity contribution in [1.82, 2.24) is 15.1 Å². The lowest BCUT2D eigenvalue weighted by molar-refractivity contribution is -0.117. The van der Waals surface area contributed by atoms with Gasteiger partial charge in [-0.1, -0.05) is 84.9 Å². The second-order valence-corrected chi connectivity index (χ2v) is 10.4. The van der Waals surface area contributed by atoms with Gasteiger partial charge in [-0.15, -0.1) is 0 Å². The van der Waals surface area contributed by atoms with Gasteiger partial charge in [0.2, 0.25) is 5.96 Å². The number of ketones is 1. The fraction of sp³-hybridized carbons (Fsp3) is 0.258. The van der Waals surface area contributed by atoms with E-state index in [2.05, 4.69) is 106 Å². The van der Waals surface area contributed by atoms with Crippen molar-refractivity contribution in [3.05, 3.63) is 108 Å². The first-order chi connectivity index (χ1) is 18.2. The van der Waals surface area contributed by atoms with Gasteiger partial charge in [-0.05, 0) is 28.7 Å². The molecule has 0 aromatic heterocycles. The van der Waals surface area contributed by atoms with Crippen molar-refractivity contribution in [3.8, 4) is 11.1 Å². The third-order valence-electron chi connectivity index (χ3n) is 7.91. The Morgan fingerprint density at radius 3 is 2.49 bits per heavy atom. The molecule has 7 rings (SSSR count). The van der Waals surface area contributed by atoms with E-state index in [1.165, 1.54) is 22.3 Å². The molecule has 1 saturated carbocycles. The van der Waals surface area contributed by atoms with E-state index in [1.54, 1.807) is 0 Å². The lowest BCUT2D eigenvalue weighted by atomic mass is 9.96. The molecule has 3 aliphatic heterocycles. The fourth-order valence-electron chi connectivity index (χ4n) is 6.10. The number of amidine groups is 1. The Labute approximate surface area is 217 Å². The quantitative estimate of drug-likeness (QED) is 0.565. The van der Waals surface area contributed by atoms with E-state index in [0.717, 1.165) is 36.9 Å². The molecule has 6 heteroatoms. The third kappa shape index (κ3) is 3.93. The Balaban J connectivity index is 1.25. The van der Waals surface area contributed by atoms with E-state index in [4.69, 9.17) is 9.98 Å². The van der Waals surface area contributed by atoms with Crippen molar-refractivity contribution >= 4 is 17.6 Å². The molecule has 37 heavy (non-hydrogen) atoms. The number of carbonyl (C=O) groups is 1. The zero-order chi connectivity index (χ0) is 24.8. The van der Waals surface area contributed by atoms with Crippen LogP contribution in [0.2, 0.25) is 0 Å². The molecule has 1 spiro atoms. The number of fused-ring (bicyclic) bond motifs is 3. The molecule has 3 heterocycles. The van der Waals surface area contributed by atoms with Crippen LogP contribution in [0.25, 0.3) is 11.1 Å². The van der Waals surface area contributed by atoms with Crippen molar-refractivity contribution in [1.29, 1.82) is 0 Å². The predicted molar refractivity (Wildman–Crippen MR) is 146 cm³/mol. The molecule has 0 amide bonds. The monoisotopic (exact) mass is 487 g/mol. The second kappa shape index (κ2) is 8.73. The van der Waals surface area contributed by atoms with Crippen molar-refractivity contribution in [2.24, 2.45) is 9.98 Å². The van der Waals surface area contributed by atoms with Crippen molar-refractivity contribution in [2.75, 3.05) is 6.54 Å². The average Bonchev–Trinajstić information content (AvgIpc) is 3.59. The number of Topliss-reactive ketones (excluding diaryl/α,β-unsaturated/α-hetero) is 1. The molecule has 0 saturated heterocycles. The van der Waals surface area contributed by atoms with Crippen LogP contribution in [0.3, 0.4) is 0 Å². The van der Waals surface area contributed by atoms with Crippen molar-refractivity contribution in [2.45, 2.75) is 43.9 Å². The predicted octanol–water partition coefficient (Wildman–Crippen LogP) is 4.74. The van der Waals surface area contributed by atoms with E-state index >= 15 is 0 Å². The Morgan fingerprint density at radius 2 is 1.70 bits per heavy atom. The highest BCUT2D eigenvalue weighted by Gasteiger charge is 2.49. The smallest absolute Gasteiger partial charge is 0.204 e. The minimum Gasteiger partial charge on any atom is -0.341 e. The van der Waals surface area contributed by atoms with Crippen molar-refractivity contribution in [3.63, 3.8) is 0 Å². The Hall–Kier alpha value is -4.19. The molecule has 6 nitrogen and oxygen atoms in total. The first-order valence-electron chi connectivity index (χ1n) is 13.1. The SMILES string of the molecule is O=C1CCC2(C1)CN1C(=N2)NC=C2C1=NC(Cc1ccccc1-c1ccccc1)N2Cc1ccccc1. The first kappa shape index (κ1) is 22.0. The molecule has 3 aromatic rings. The topological polar surface area (TPSA) is 60.3 Å². The maximum absolute atomic E-state index is 12.1. The van der Waals surface area contributed by atoms with Crippen LogP contribution in [0.15, 0.2) is 107 Å². The van der Waals surface area contributed by atoms with Gasteiger partial charge in [0.15, 0.2) is 5.84 Å². The largest absolute Gasteiger partial charge is 0.341 e. The number of nitrogens with one attached hydrogen (secondary N) is 1. The molecule has 4 aliphatic rings. The standard InChI is InChI=1S/C31H29N5O/c37-25-15-16-31(18-25)21-36-29-27(19-32-30(36)34-31)35(20-22-9-3-1-4-10-22)28(33-29)17-24-13-7-8-14-26(24)23-11-5-2-6-12-23/h1-14,19,28H,15-18,20-21H2,(H,32,34). The number of hydrogen-bond acceptors (Lipinski definition) is 6. The summed E-state index contributed by atoms with van der Waals surface area (Å²) < 4.78 is 0. The van der Waals surface area contributed by atoms with Crippen LogP contribution in [0.5, 0.6) is 0 Å². The number of rotatable bonds is 5. The van der Waals surface area contributed by atoms with Gasteiger partial charge in [0.25, 0.3) is 0 Å². The zero-order valence-electron chi connectivity index (χ0n) is 20.7. The highest BCUT2D eigenvalue weighted by atomic mass is 16.1. The molecule has 184 valence electrons. The maximum Gasteiger partial charge on any atom is 0.204 e. The highest BCUT2D eigenvalue weighted by Crippen LogP contribution is 2.39. The number of nitrogens with zero attached hydrogens (tertiary/aromatic N) is 4. The summed E-state index contributed by atoms with van der Waals surface area (Å²) in [4.78, 5) is 27.1. The summed E-state index contributed by atoms with van der Waals surface area (Å²) in [6.07, 6.45) is 4.76. The number of guanidine groups is 1. The summed E-state index contributed by atoms with van der Waals surface area (Å²) >= 11 is 0. The number of hydrogen-bond donors (Lipinski definition) is 1. The number of carbonyl (C=O) groups excluding carboxylic acids is 1. The number of aliphatic imine (C=N–C) groups is 2. The summed E-state index contributed by atoms with van der Waals surface area (Å²) in [6.45, 7) is 1.48. The van der Waals surface area contributed by atoms with Crippen LogP contribution in [0.4, 0.5) is 0 Å². The molecule has 3 aromatic carbocycles. The normalized spacial score (nSPS) is 23.9. The van der Waals surface area contributed by atoms with E-state index in [9.17, 15) is 4.79 Å². The second-order valence-electron chi connectivity index (χ2n) is 10.4. The van der Waals surface area contributed by atoms with Gasteiger partial charge in [0.05, 0.1) is 17.8 Å². The molecule has 2 atom stereocenters. The van der Waals surface area contributed by atoms with E-state index in [0.29, 0.717) is 25.2 Å². The lowest BCUT2D eigenvalue weighted by Crippen LogP contribution is -2.47. The van der Waals surface area contributed by atoms with E-state index < -0.39 is 0 Å². The van der Waals surface area contributed by atoms with Crippen molar-refractivity contribution < 1.29 is 4.79 Å². The summed E-state index contributed by atoms with van der Waals surface area (Å²) in [7, 11) is 0. The van der Waals surface area contributed by atoms with Crippen LogP contribution >= 0.6 is 0 Å². The summed E-state index contributed by atoms with van der Waals surface area (Å²) in [5.74, 6) is 2.10. The Morgan fingerprint density at radius 1 is 0.946 bits per heavy atom. The van der Waals surface area contributed by atoms with Crippen LogP contribution in [-0.4, -0.2) is 45.6 Å². The van der Waals surface area contributed by atoms with Crippen LogP contribution in [0.1, 0.15) is 30.4 Å². The van der Waals surface area contributed by atoms with Gasteiger partial charge in [-0.3, -0.25) is 9.69 Å². The van der Waals surface area contributed by atoms with Crippen LogP contribution in [0, 0.1) is 0 Å². The zero-order valence-corrected chi connectivity index (χ0v) is 20.7. The molecule has 1 N–H and O–H groups in total. The van der Waals surface area contributed by atoms with Gasteiger partial charge in [-0.2, -0.15) is 0 Å². The summed E-state index contributed by atoms with van der Waals surface area (Å²) in [5, 5.41) is 3.44. The molecule has 0 bridgehead atoms. The summed E-state index contributed by atoms with van der Waals surface area (Å²) in [6, 6.07) is 29.8. The van der Waals surface area contributed by atoms with Gasteiger partial charge < -0.3 is 10.2 Å².